The number of nitrogens with zero attached hydrogens (tertiary/aromatic N) is 1. The van der Waals surface area contributed by atoms with Crippen molar-refractivity contribution in [2.24, 2.45) is 0 Å². The van der Waals surface area contributed by atoms with E-state index in [1.165, 1.54) is 49.9 Å². The summed E-state index contributed by atoms with van der Waals surface area (Å²) < 4.78 is 0. The summed E-state index contributed by atoms with van der Waals surface area (Å²) in [6, 6.07) is 21.9. The molecule has 4 rings (SSSR count). The Kier molecular flexibility index (Phi) is 4.08. The van der Waals surface area contributed by atoms with E-state index in [2.05, 4.69) is 88.4 Å². The first-order valence-electron chi connectivity index (χ1n) is 9.06. The average Bonchev–Trinajstić information content (AvgIpc) is 2.59. The van der Waals surface area contributed by atoms with Crippen LogP contribution < -0.4 is 0 Å². The van der Waals surface area contributed by atoms with Gasteiger partial charge in [-0.15, -0.1) is 0 Å². The van der Waals surface area contributed by atoms with Crippen LogP contribution in [0.2, 0.25) is 0 Å². The van der Waals surface area contributed by atoms with Gasteiger partial charge in [0.2, 0.25) is 0 Å². The van der Waals surface area contributed by atoms with Crippen molar-refractivity contribution in [1.29, 1.82) is 0 Å². The monoisotopic (exact) mass is 337 g/mol. The Labute approximate surface area is 155 Å². The van der Waals surface area contributed by atoms with Crippen molar-refractivity contribution in [2.45, 2.75) is 27.7 Å². The highest BCUT2D eigenvalue weighted by molar-refractivity contribution is 6.02. The highest BCUT2D eigenvalue weighted by Crippen LogP contribution is 2.38. The van der Waals surface area contributed by atoms with Gasteiger partial charge in [0, 0.05) is 22.7 Å². The quantitative estimate of drug-likeness (QED) is 0.392. The van der Waals surface area contributed by atoms with Crippen molar-refractivity contribution < 1.29 is 0 Å². The first-order valence-corrected chi connectivity index (χ1v) is 9.06. The lowest BCUT2D eigenvalue weighted by Crippen LogP contribution is -1.93. The summed E-state index contributed by atoms with van der Waals surface area (Å²) in [6.45, 7) is 8.63. The third kappa shape index (κ3) is 3.01. The molecule has 0 aliphatic carbocycles. The molecule has 1 heterocycles. The molecule has 26 heavy (non-hydrogen) atoms. The van der Waals surface area contributed by atoms with Gasteiger partial charge in [-0.05, 0) is 44.9 Å². The molecular weight excluding hydrogens is 314 g/mol. The summed E-state index contributed by atoms with van der Waals surface area (Å²) >= 11 is 0. The first-order chi connectivity index (χ1) is 12.5. The molecule has 0 spiro atoms. The molecule has 1 heteroatoms. The van der Waals surface area contributed by atoms with Gasteiger partial charge in [-0.3, -0.25) is 4.98 Å². The van der Waals surface area contributed by atoms with Gasteiger partial charge in [-0.25, -0.2) is 0 Å². The Morgan fingerprint density at radius 1 is 0.615 bits per heavy atom. The highest BCUT2D eigenvalue weighted by atomic mass is 14.7. The van der Waals surface area contributed by atoms with Crippen LogP contribution in [-0.4, -0.2) is 4.98 Å². The van der Waals surface area contributed by atoms with E-state index >= 15 is 0 Å². The standard InChI is InChI=1S/C25H23N/c1-16-9-17(2)12-20(11-16)23-15-26-24-8-6-5-7-22(24)25(23)21-13-18(3)10-19(4)14-21/h5-15H,1-4H3. The molecule has 0 atom stereocenters. The van der Waals surface area contributed by atoms with E-state index in [1.807, 2.05) is 6.20 Å². The molecule has 1 nitrogen and oxygen atoms in total. The molecule has 128 valence electrons. The number of fused-ring (bicyclic) bond motifs is 1. The van der Waals surface area contributed by atoms with Gasteiger partial charge in [0.05, 0.1) is 5.52 Å². The van der Waals surface area contributed by atoms with Crippen molar-refractivity contribution in [3.8, 4) is 22.3 Å². The molecule has 1 aromatic heterocycles. The highest BCUT2D eigenvalue weighted by Gasteiger charge is 2.14. The number of hydrogen-bond donors (Lipinski definition) is 0. The van der Waals surface area contributed by atoms with E-state index in [1.54, 1.807) is 0 Å². The van der Waals surface area contributed by atoms with Crippen molar-refractivity contribution in [2.75, 3.05) is 0 Å². The van der Waals surface area contributed by atoms with E-state index in [9.17, 15) is 0 Å². The second-order valence-electron chi connectivity index (χ2n) is 7.32. The van der Waals surface area contributed by atoms with Crippen molar-refractivity contribution in [3.63, 3.8) is 0 Å². The summed E-state index contributed by atoms with van der Waals surface area (Å²) in [5, 5.41) is 1.20. The normalized spacial score (nSPS) is 11.1. The maximum Gasteiger partial charge on any atom is 0.0708 e. The van der Waals surface area contributed by atoms with Crippen molar-refractivity contribution in [1.82, 2.24) is 4.98 Å². The number of pyridine rings is 1. The molecule has 0 unspecified atom stereocenters. The fourth-order valence-electron chi connectivity index (χ4n) is 3.92. The van der Waals surface area contributed by atoms with Crippen LogP contribution in [0.15, 0.2) is 66.9 Å². The van der Waals surface area contributed by atoms with Crippen LogP contribution in [0.3, 0.4) is 0 Å². The zero-order valence-electron chi connectivity index (χ0n) is 15.8. The molecule has 0 aliphatic rings. The lowest BCUT2D eigenvalue weighted by atomic mass is 9.90. The second-order valence-corrected chi connectivity index (χ2v) is 7.32. The Bertz CT molecular complexity index is 1080. The van der Waals surface area contributed by atoms with Gasteiger partial charge < -0.3 is 0 Å². The summed E-state index contributed by atoms with van der Waals surface area (Å²) in [5.74, 6) is 0. The fourth-order valence-corrected chi connectivity index (χ4v) is 3.92. The average molecular weight is 337 g/mol. The Morgan fingerprint density at radius 3 is 1.77 bits per heavy atom. The number of aromatic nitrogens is 1. The summed E-state index contributed by atoms with van der Waals surface area (Å²) in [5.41, 5.74) is 11.1. The van der Waals surface area contributed by atoms with Crippen LogP contribution in [0.4, 0.5) is 0 Å². The van der Waals surface area contributed by atoms with E-state index in [0.717, 1.165) is 5.52 Å². The number of benzene rings is 3. The lowest BCUT2D eigenvalue weighted by molar-refractivity contribution is 1.35. The van der Waals surface area contributed by atoms with Crippen molar-refractivity contribution >= 4 is 10.9 Å². The number of rotatable bonds is 2. The van der Waals surface area contributed by atoms with Crippen LogP contribution >= 0.6 is 0 Å². The minimum atomic E-state index is 1.04. The topological polar surface area (TPSA) is 12.9 Å². The lowest BCUT2D eigenvalue weighted by Gasteiger charge is -2.15. The van der Waals surface area contributed by atoms with Crippen molar-refractivity contribution in [3.05, 3.63) is 89.1 Å². The van der Waals surface area contributed by atoms with Crippen LogP contribution in [0, 0.1) is 27.7 Å². The Morgan fingerprint density at radius 2 is 1.15 bits per heavy atom. The molecule has 4 aromatic rings. The van der Waals surface area contributed by atoms with Gasteiger partial charge in [0.15, 0.2) is 0 Å². The molecule has 0 saturated heterocycles. The molecule has 0 saturated carbocycles. The Balaban J connectivity index is 2.11. The van der Waals surface area contributed by atoms with Gasteiger partial charge in [-0.2, -0.15) is 0 Å². The predicted molar refractivity (Wildman–Crippen MR) is 112 cm³/mol. The third-order valence-corrected chi connectivity index (χ3v) is 4.82. The van der Waals surface area contributed by atoms with E-state index < -0.39 is 0 Å². The fraction of sp³-hybridized carbons (Fsp3) is 0.160. The molecule has 3 aromatic carbocycles. The maximum atomic E-state index is 4.75. The molecule has 0 radical (unpaired) electrons. The van der Waals surface area contributed by atoms with Crippen LogP contribution in [0.5, 0.6) is 0 Å². The van der Waals surface area contributed by atoms with Crippen LogP contribution in [-0.2, 0) is 0 Å². The van der Waals surface area contributed by atoms with Crippen LogP contribution in [0.1, 0.15) is 22.3 Å². The number of hydrogen-bond acceptors (Lipinski definition) is 1. The Hall–Kier alpha value is -2.93. The van der Waals surface area contributed by atoms with E-state index in [-0.39, 0.29) is 0 Å². The largest absolute Gasteiger partial charge is 0.256 e. The van der Waals surface area contributed by atoms with Gasteiger partial charge in [0.25, 0.3) is 0 Å². The SMILES string of the molecule is Cc1cc(C)cc(-c2cnc3ccccc3c2-c2cc(C)cc(C)c2)c1. The maximum absolute atomic E-state index is 4.75. The van der Waals surface area contributed by atoms with Gasteiger partial charge in [0.1, 0.15) is 0 Å². The zero-order valence-corrected chi connectivity index (χ0v) is 15.8. The van der Waals surface area contributed by atoms with E-state index in [4.69, 9.17) is 4.98 Å². The minimum absolute atomic E-state index is 1.04. The molecular formula is C25H23N. The van der Waals surface area contributed by atoms with E-state index in [0.29, 0.717) is 0 Å². The predicted octanol–water partition coefficient (Wildman–Crippen LogP) is 6.80. The zero-order chi connectivity index (χ0) is 18.3. The molecule has 0 bridgehead atoms. The summed E-state index contributed by atoms with van der Waals surface area (Å²) in [6.07, 6.45) is 2.03. The third-order valence-electron chi connectivity index (χ3n) is 4.82. The summed E-state index contributed by atoms with van der Waals surface area (Å²) in [7, 11) is 0. The molecule has 0 aliphatic heterocycles. The smallest absolute Gasteiger partial charge is 0.0708 e. The number of aryl methyl sites for hydroxylation is 4. The first kappa shape index (κ1) is 16.5. The molecule has 0 fully saturated rings. The van der Waals surface area contributed by atoms with Gasteiger partial charge >= 0.3 is 0 Å². The second kappa shape index (κ2) is 6.42. The van der Waals surface area contributed by atoms with Gasteiger partial charge in [-0.1, -0.05) is 76.9 Å². The number of para-hydroxylation sites is 1. The molecule has 0 N–H and O–H groups in total. The van der Waals surface area contributed by atoms with Crippen LogP contribution in [0.25, 0.3) is 33.2 Å². The summed E-state index contributed by atoms with van der Waals surface area (Å²) in [4.78, 5) is 4.75. The minimum Gasteiger partial charge on any atom is -0.256 e. The molecule has 0 amide bonds.